The first kappa shape index (κ1) is 12.0. The summed E-state index contributed by atoms with van der Waals surface area (Å²) in [5.41, 5.74) is 6.88. The van der Waals surface area contributed by atoms with Crippen molar-refractivity contribution in [3.63, 3.8) is 0 Å². The summed E-state index contributed by atoms with van der Waals surface area (Å²) < 4.78 is 22.5. The predicted octanol–water partition coefficient (Wildman–Crippen LogP) is 1.26. The van der Waals surface area contributed by atoms with Crippen molar-refractivity contribution in [1.82, 2.24) is 0 Å². The molecule has 5 heteroatoms. The number of anilines is 1. The number of hydrogen-bond donors (Lipinski definition) is 2. The third-order valence-electron chi connectivity index (χ3n) is 2.19. The molecule has 4 nitrogen and oxygen atoms in total. The molecule has 0 aliphatic carbocycles. The highest BCUT2D eigenvalue weighted by molar-refractivity contribution is 7.89. The molecule has 1 aromatic carbocycles. The van der Waals surface area contributed by atoms with Crippen LogP contribution in [0.1, 0.15) is 25.3 Å². The van der Waals surface area contributed by atoms with Crippen LogP contribution in [0.15, 0.2) is 23.1 Å². The van der Waals surface area contributed by atoms with E-state index in [1.54, 1.807) is 12.1 Å². The zero-order valence-corrected chi connectivity index (χ0v) is 9.55. The minimum atomic E-state index is -3.64. The highest BCUT2D eigenvalue weighted by atomic mass is 32.2. The average molecular weight is 228 g/mol. The molecule has 0 fully saturated rings. The number of rotatable bonds is 4. The molecule has 0 radical (unpaired) electrons. The van der Waals surface area contributed by atoms with Gasteiger partial charge in [0.05, 0.1) is 4.90 Å². The first-order valence-electron chi connectivity index (χ1n) is 4.86. The topological polar surface area (TPSA) is 86.2 Å². The fraction of sp³-hybridized carbons (Fsp3) is 0.400. The summed E-state index contributed by atoms with van der Waals surface area (Å²) in [5, 5.41) is 5.11. The van der Waals surface area contributed by atoms with Crippen LogP contribution in [0.2, 0.25) is 0 Å². The van der Waals surface area contributed by atoms with Crippen molar-refractivity contribution in [2.45, 2.75) is 31.1 Å². The molecule has 15 heavy (non-hydrogen) atoms. The van der Waals surface area contributed by atoms with Crippen molar-refractivity contribution < 1.29 is 8.42 Å². The first-order valence-corrected chi connectivity index (χ1v) is 6.41. The Morgan fingerprint density at radius 2 is 2.00 bits per heavy atom. The molecule has 4 N–H and O–H groups in total. The fourth-order valence-corrected chi connectivity index (χ4v) is 2.22. The number of hydrogen-bond acceptors (Lipinski definition) is 3. The average Bonchev–Trinajstić information content (AvgIpc) is 2.12. The quantitative estimate of drug-likeness (QED) is 0.760. The second kappa shape index (κ2) is 4.63. The van der Waals surface area contributed by atoms with Crippen LogP contribution >= 0.6 is 0 Å². The maximum absolute atomic E-state index is 11.3. The molecular weight excluding hydrogens is 212 g/mol. The van der Waals surface area contributed by atoms with E-state index in [0.29, 0.717) is 17.7 Å². The summed E-state index contributed by atoms with van der Waals surface area (Å²) >= 11 is 0. The van der Waals surface area contributed by atoms with Gasteiger partial charge in [-0.05, 0) is 36.6 Å². The number of benzene rings is 1. The smallest absolute Gasteiger partial charge is 0.238 e. The van der Waals surface area contributed by atoms with E-state index < -0.39 is 10.0 Å². The lowest BCUT2D eigenvalue weighted by molar-refractivity contribution is 0.596. The van der Waals surface area contributed by atoms with E-state index in [1.807, 2.05) is 6.92 Å². The molecule has 0 saturated carbocycles. The van der Waals surface area contributed by atoms with Crippen molar-refractivity contribution in [2.75, 3.05) is 5.73 Å². The third-order valence-corrected chi connectivity index (χ3v) is 3.20. The Balaban J connectivity index is 3.15. The SMILES string of the molecule is CCCCc1cc(N)ccc1S(N)(=O)=O. The molecule has 0 aliphatic heterocycles. The zero-order chi connectivity index (χ0) is 11.5. The molecular formula is C10H16N2O2S. The van der Waals surface area contributed by atoms with E-state index >= 15 is 0 Å². The highest BCUT2D eigenvalue weighted by Crippen LogP contribution is 2.19. The minimum absolute atomic E-state index is 0.185. The molecule has 0 atom stereocenters. The Morgan fingerprint density at radius 1 is 1.33 bits per heavy atom. The number of primary sulfonamides is 1. The van der Waals surface area contributed by atoms with E-state index in [0.717, 1.165) is 12.8 Å². The van der Waals surface area contributed by atoms with Crippen molar-refractivity contribution >= 4 is 15.7 Å². The van der Waals surface area contributed by atoms with Gasteiger partial charge in [-0.1, -0.05) is 13.3 Å². The van der Waals surface area contributed by atoms with Gasteiger partial charge in [-0.2, -0.15) is 0 Å². The first-order chi connectivity index (χ1) is 6.95. The molecule has 0 aliphatic rings. The van der Waals surface area contributed by atoms with Crippen LogP contribution in [0.4, 0.5) is 5.69 Å². The van der Waals surface area contributed by atoms with Crippen molar-refractivity contribution in [2.24, 2.45) is 5.14 Å². The molecule has 0 bridgehead atoms. The monoisotopic (exact) mass is 228 g/mol. The van der Waals surface area contributed by atoms with Crippen LogP contribution in [0.5, 0.6) is 0 Å². The van der Waals surface area contributed by atoms with Gasteiger partial charge >= 0.3 is 0 Å². The molecule has 84 valence electrons. The summed E-state index contributed by atoms with van der Waals surface area (Å²) in [7, 11) is -3.64. The van der Waals surface area contributed by atoms with Crippen molar-refractivity contribution in [3.05, 3.63) is 23.8 Å². The molecule has 0 saturated heterocycles. The lowest BCUT2D eigenvalue weighted by Crippen LogP contribution is -2.14. The van der Waals surface area contributed by atoms with Gasteiger partial charge in [0.1, 0.15) is 0 Å². The Kier molecular flexibility index (Phi) is 3.71. The van der Waals surface area contributed by atoms with E-state index in [1.165, 1.54) is 6.07 Å². The summed E-state index contributed by atoms with van der Waals surface area (Å²) in [5.74, 6) is 0. The zero-order valence-electron chi connectivity index (χ0n) is 8.73. The van der Waals surface area contributed by atoms with E-state index in [-0.39, 0.29) is 4.90 Å². The lowest BCUT2D eigenvalue weighted by atomic mass is 10.1. The van der Waals surface area contributed by atoms with E-state index in [9.17, 15) is 8.42 Å². The Morgan fingerprint density at radius 3 is 2.53 bits per heavy atom. The molecule has 1 aromatic rings. The molecule has 0 amide bonds. The molecule has 1 rings (SSSR count). The molecule has 0 unspecified atom stereocenters. The van der Waals surface area contributed by atoms with E-state index in [4.69, 9.17) is 10.9 Å². The normalized spacial score (nSPS) is 11.6. The van der Waals surface area contributed by atoms with Crippen molar-refractivity contribution in [3.8, 4) is 0 Å². The predicted molar refractivity (Wildman–Crippen MR) is 60.8 cm³/mol. The van der Waals surface area contributed by atoms with Crippen LogP contribution in [0.3, 0.4) is 0 Å². The van der Waals surface area contributed by atoms with Gasteiger partial charge in [-0.15, -0.1) is 0 Å². The fourth-order valence-electron chi connectivity index (χ4n) is 1.44. The van der Waals surface area contributed by atoms with Gasteiger partial charge in [0, 0.05) is 5.69 Å². The van der Waals surface area contributed by atoms with Gasteiger partial charge in [-0.3, -0.25) is 0 Å². The van der Waals surface area contributed by atoms with Gasteiger partial charge in [-0.25, -0.2) is 13.6 Å². The summed E-state index contributed by atoms with van der Waals surface area (Å²) in [4.78, 5) is 0.185. The maximum Gasteiger partial charge on any atom is 0.238 e. The largest absolute Gasteiger partial charge is 0.399 e. The molecule has 0 spiro atoms. The second-order valence-electron chi connectivity index (χ2n) is 3.52. The number of nitrogen functional groups attached to an aromatic ring is 1. The number of unbranched alkanes of at least 4 members (excludes halogenated alkanes) is 1. The number of sulfonamides is 1. The maximum atomic E-state index is 11.3. The van der Waals surface area contributed by atoms with Crippen molar-refractivity contribution in [1.29, 1.82) is 0 Å². The Hall–Kier alpha value is -1.07. The van der Waals surface area contributed by atoms with Crippen LogP contribution < -0.4 is 10.9 Å². The summed E-state index contributed by atoms with van der Waals surface area (Å²) in [6, 6.07) is 4.69. The van der Waals surface area contributed by atoms with Gasteiger partial charge in [0.15, 0.2) is 0 Å². The molecule has 0 aromatic heterocycles. The Labute approximate surface area is 90.3 Å². The lowest BCUT2D eigenvalue weighted by Gasteiger charge is -2.07. The second-order valence-corrected chi connectivity index (χ2v) is 5.05. The summed E-state index contributed by atoms with van der Waals surface area (Å²) in [6.45, 7) is 2.04. The van der Waals surface area contributed by atoms with Crippen LogP contribution in [0.25, 0.3) is 0 Å². The number of aryl methyl sites for hydroxylation is 1. The van der Waals surface area contributed by atoms with Crippen LogP contribution in [0, 0.1) is 0 Å². The van der Waals surface area contributed by atoms with Gasteiger partial charge < -0.3 is 5.73 Å². The highest BCUT2D eigenvalue weighted by Gasteiger charge is 2.13. The minimum Gasteiger partial charge on any atom is -0.399 e. The van der Waals surface area contributed by atoms with Crippen LogP contribution in [-0.4, -0.2) is 8.42 Å². The molecule has 0 heterocycles. The standard InChI is InChI=1S/C10H16N2O2S/c1-2-3-4-8-7-9(11)5-6-10(8)15(12,13)14/h5-7H,2-4,11H2,1H3,(H2,12,13,14). The number of nitrogens with two attached hydrogens (primary N) is 2. The third kappa shape index (κ3) is 3.21. The van der Waals surface area contributed by atoms with Gasteiger partial charge in [0.25, 0.3) is 0 Å². The van der Waals surface area contributed by atoms with E-state index in [2.05, 4.69) is 0 Å². The Bertz CT molecular complexity index is 441. The van der Waals surface area contributed by atoms with Gasteiger partial charge in [0.2, 0.25) is 10.0 Å². The van der Waals surface area contributed by atoms with Crippen LogP contribution in [-0.2, 0) is 16.4 Å². The summed E-state index contributed by atoms with van der Waals surface area (Å²) in [6.07, 6.45) is 2.61.